The quantitative estimate of drug-likeness (QED) is 0.817. The van der Waals surface area contributed by atoms with Gasteiger partial charge in [-0.2, -0.15) is 0 Å². The van der Waals surface area contributed by atoms with Gasteiger partial charge in [0, 0.05) is 29.9 Å². The number of hydrogen-bond acceptors (Lipinski definition) is 1. The number of halogens is 1. The van der Waals surface area contributed by atoms with Crippen molar-refractivity contribution >= 4 is 17.4 Å². The average molecular weight is 276 g/mol. The Morgan fingerprint density at radius 2 is 1.68 bits per heavy atom. The fourth-order valence-corrected chi connectivity index (χ4v) is 2.33. The first-order valence-electron chi connectivity index (χ1n) is 6.43. The molecule has 0 aliphatic heterocycles. The van der Waals surface area contributed by atoms with Crippen LogP contribution >= 0.6 is 11.6 Å². The van der Waals surface area contributed by atoms with Crippen LogP contribution in [0.1, 0.15) is 23.9 Å². The van der Waals surface area contributed by atoms with Crippen molar-refractivity contribution in [3.05, 3.63) is 58.4 Å². The highest BCUT2D eigenvalue weighted by molar-refractivity contribution is 6.30. The van der Waals surface area contributed by atoms with E-state index in [1.807, 2.05) is 25.2 Å². The molecule has 2 aromatic rings. The highest BCUT2D eigenvalue weighted by Gasteiger charge is 2.06. The third kappa shape index (κ3) is 3.71. The van der Waals surface area contributed by atoms with E-state index in [1.54, 1.807) is 6.92 Å². The van der Waals surface area contributed by atoms with Crippen molar-refractivity contribution in [1.82, 2.24) is 4.57 Å². The van der Waals surface area contributed by atoms with Crippen molar-refractivity contribution in [2.24, 2.45) is 7.05 Å². The Bertz CT molecular complexity index is 569. The Morgan fingerprint density at radius 1 is 1.05 bits per heavy atom. The van der Waals surface area contributed by atoms with Gasteiger partial charge in [0.15, 0.2) is 0 Å². The van der Waals surface area contributed by atoms with Crippen LogP contribution in [0.2, 0.25) is 5.02 Å². The number of carbonyl (C=O) groups excluding carboxylic acids is 1. The molecule has 0 N–H and O–H groups in total. The summed E-state index contributed by atoms with van der Waals surface area (Å²) in [6.45, 7) is 1.63. The smallest absolute Gasteiger partial charge is 0.135 e. The Morgan fingerprint density at radius 3 is 2.32 bits per heavy atom. The van der Waals surface area contributed by atoms with Crippen molar-refractivity contribution in [3.63, 3.8) is 0 Å². The molecular weight excluding hydrogens is 258 g/mol. The van der Waals surface area contributed by atoms with E-state index in [9.17, 15) is 4.79 Å². The number of benzene rings is 1. The summed E-state index contributed by atoms with van der Waals surface area (Å²) in [6, 6.07) is 12.1. The van der Waals surface area contributed by atoms with Crippen LogP contribution in [0.15, 0.2) is 36.4 Å². The van der Waals surface area contributed by atoms with Gasteiger partial charge in [-0.3, -0.25) is 4.79 Å². The maximum atomic E-state index is 11.2. The monoisotopic (exact) mass is 275 g/mol. The molecule has 19 heavy (non-hydrogen) atoms. The molecule has 0 saturated carbocycles. The summed E-state index contributed by atoms with van der Waals surface area (Å²) in [5.74, 6) is 0.199. The third-order valence-corrected chi connectivity index (χ3v) is 3.59. The maximum Gasteiger partial charge on any atom is 0.135 e. The number of aryl methyl sites for hydroxylation is 2. The number of aromatic nitrogens is 1. The first-order valence-corrected chi connectivity index (χ1v) is 6.81. The summed E-state index contributed by atoms with van der Waals surface area (Å²) < 4.78 is 2.12. The van der Waals surface area contributed by atoms with Crippen LogP contribution in [0.3, 0.4) is 0 Å². The highest BCUT2D eigenvalue weighted by Crippen LogP contribution is 2.14. The van der Waals surface area contributed by atoms with E-state index in [1.165, 1.54) is 11.3 Å². The first kappa shape index (κ1) is 13.9. The van der Waals surface area contributed by atoms with E-state index in [4.69, 9.17) is 11.6 Å². The standard InChI is InChI=1S/C16H18ClNO/c1-12(19)11-16-10-9-15(18(16)2)8-5-13-3-6-14(17)7-4-13/h3-4,6-7,9-10H,5,8,11H2,1-2H3. The zero-order valence-electron chi connectivity index (χ0n) is 11.3. The molecule has 0 atom stereocenters. The molecule has 0 bridgehead atoms. The lowest BCUT2D eigenvalue weighted by molar-refractivity contribution is -0.116. The molecular formula is C16H18ClNO. The summed E-state index contributed by atoms with van der Waals surface area (Å²) >= 11 is 5.87. The van der Waals surface area contributed by atoms with Gasteiger partial charge in [0.25, 0.3) is 0 Å². The van der Waals surface area contributed by atoms with E-state index in [0.717, 1.165) is 23.6 Å². The van der Waals surface area contributed by atoms with E-state index < -0.39 is 0 Å². The molecule has 0 fully saturated rings. The summed E-state index contributed by atoms with van der Waals surface area (Å²) in [4.78, 5) is 11.2. The van der Waals surface area contributed by atoms with Crippen molar-refractivity contribution in [3.8, 4) is 0 Å². The predicted molar refractivity (Wildman–Crippen MR) is 78.7 cm³/mol. The molecule has 0 amide bonds. The van der Waals surface area contributed by atoms with Crippen LogP contribution in [0.4, 0.5) is 0 Å². The fraction of sp³-hybridized carbons (Fsp3) is 0.312. The Hall–Kier alpha value is -1.54. The molecule has 0 aliphatic rings. The second kappa shape index (κ2) is 6.07. The maximum absolute atomic E-state index is 11.2. The zero-order valence-corrected chi connectivity index (χ0v) is 12.1. The molecule has 2 rings (SSSR count). The number of nitrogens with zero attached hydrogens (tertiary/aromatic N) is 1. The van der Waals surface area contributed by atoms with E-state index in [-0.39, 0.29) is 5.78 Å². The minimum Gasteiger partial charge on any atom is -0.351 e. The van der Waals surface area contributed by atoms with Crippen LogP contribution in [0, 0.1) is 0 Å². The Labute approximate surface area is 119 Å². The molecule has 1 aromatic heterocycles. The molecule has 0 spiro atoms. The van der Waals surface area contributed by atoms with Gasteiger partial charge in [0.1, 0.15) is 5.78 Å². The van der Waals surface area contributed by atoms with Crippen LogP contribution in [0.5, 0.6) is 0 Å². The topological polar surface area (TPSA) is 22.0 Å². The molecule has 0 aliphatic carbocycles. The summed E-state index contributed by atoms with van der Waals surface area (Å²) in [5.41, 5.74) is 3.61. The van der Waals surface area contributed by atoms with E-state index in [2.05, 4.69) is 22.8 Å². The van der Waals surface area contributed by atoms with Crippen LogP contribution in [-0.4, -0.2) is 10.4 Å². The van der Waals surface area contributed by atoms with Gasteiger partial charge in [-0.1, -0.05) is 23.7 Å². The molecule has 3 heteroatoms. The first-order chi connectivity index (χ1) is 9.06. The van der Waals surface area contributed by atoms with Crippen LogP contribution in [-0.2, 0) is 31.1 Å². The molecule has 0 unspecified atom stereocenters. The van der Waals surface area contributed by atoms with Gasteiger partial charge >= 0.3 is 0 Å². The van der Waals surface area contributed by atoms with Crippen LogP contribution in [0.25, 0.3) is 0 Å². The van der Waals surface area contributed by atoms with Gasteiger partial charge in [-0.15, -0.1) is 0 Å². The third-order valence-electron chi connectivity index (χ3n) is 3.34. The molecule has 1 aromatic carbocycles. The highest BCUT2D eigenvalue weighted by atomic mass is 35.5. The zero-order chi connectivity index (χ0) is 13.8. The van der Waals surface area contributed by atoms with E-state index >= 15 is 0 Å². The molecule has 0 radical (unpaired) electrons. The number of Topliss-reactive ketones (excluding diaryl/α,β-unsaturated/α-hetero) is 1. The largest absolute Gasteiger partial charge is 0.351 e. The second-order valence-electron chi connectivity index (χ2n) is 4.88. The lowest BCUT2D eigenvalue weighted by atomic mass is 10.1. The normalized spacial score (nSPS) is 10.7. The Balaban J connectivity index is 2.01. The number of hydrogen-bond donors (Lipinski definition) is 0. The second-order valence-corrected chi connectivity index (χ2v) is 5.32. The van der Waals surface area contributed by atoms with Crippen molar-refractivity contribution in [2.45, 2.75) is 26.2 Å². The molecule has 100 valence electrons. The fourth-order valence-electron chi connectivity index (χ4n) is 2.21. The Kier molecular flexibility index (Phi) is 4.43. The summed E-state index contributed by atoms with van der Waals surface area (Å²) in [7, 11) is 2.02. The lowest BCUT2D eigenvalue weighted by Gasteiger charge is -2.07. The van der Waals surface area contributed by atoms with Gasteiger partial charge in [0.05, 0.1) is 0 Å². The van der Waals surface area contributed by atoms with Crippen molar-refractivity contribution in [2.75, 3.05) is 0 Å². The van der Waals surface area contributed by atoms with Gasteiger partial charge in [-0.25, -0.2) is 0 Å². The van der Waals surface area contributed by atoms with Gasteiger partial charge in [0.2, 0.25) is 0 Å². The van der Waals surface area contributed by atoms with Gasteiger partial charge < -0.3 is 4.57 Å². The number of rotatable bonds is 5. The number of carbonyl (C=O) groups is 1. The number of ketones is 1. The molecule has 0 saturated heterocycles. The predicted octanol–water partition coefficient (Wildman–Crippen LogP) is 3.60. The lowest BCUT2D eigenvalue weighted by Crippen LogP contribution is -2.06. The van der Waals surface area contributed by atoms with Gasteiger partial charge in [-0.05, 0) is 49.6 Å². The van der Waals surface area contributed by atoms with E-state index in [0.29, 0.717) is 6.42 Å². The van der Waals surface area contributed by atoms with Crippen molar-refractivity contribution in [1.29, 1.82) is 0 Å². The van der Waals surface area contributed by atoms with Crippen LogP contribution < -0.4 is 0 Å². The average Bonchev–Trinajstić information content (AvgIpc) is 2.70. The SMILES string of the molecule is CC(=O)Cc1ccc(CCc2ccc(Cl)cc2)n1C. The molecule has 2 nitrogen and oxygen atoms in total. The molecule has 1 heterocycles. The summed E-state index contributed by atoms with van der Waals surface area (Å²) in [6.07, 6.45) is 2.46. The summed E-state index contributed by atoms with van der Waals surface area (Å²) in [5, 5.41) is 0.770. The minimum atomic E-state index is 0.199. The van der Waals surface area contributed by atoms with Crippen molar-refractivity contribution < 1.29 is 4.79 Å². The minimum absolute atomic E-state index is 0.199.